The van der Waals surface area contributed by atoms with Crippen molar-refractivity contribution in [2.75, 3.05) is 33.0 Å². The highest BCUT2D eigenvalue weighted by atomic mass is 16.8. The second-order valence-corrected chi connectivity index (χ2v) is 26.7. The summed E-state index contributed by atoms with van der Waals surface area (Å²) in [7, 11) is 0. The van der Waals surface area contributed by atoms with Gasteiger partial charge in [0.1, 0.15) is 79.9 Å². The maximum atomic E-state index is 12.9. The second-order valence-electron chi connectivity index (χ2n) is 26.7. The van der Waals surface area contributed by atoms with Crippen molar-refractivity contribution in [1.82, 2.24) is 5.32 Å². The van der Waals surface area contributed by atoms with E-state index in [9.17, 15) is 9.90 Å². The molecule has 0 saturated carbocycles. The van der Waals surface area contributed by atoms with Gasteiger partial charge in [0, 0.05) is 18.7 Å². The van der Waals surface area contributed by atoms with Gasteiger partial charge in [0.25, 0.3) is 0 Å². The van der Waals surface area contributed by atoms with Crippen LogP contribution in [-0.2, 0) is 129 Å². The molecule has 4 aliphatic heterocycles. The maximum Gasteiger partial charge on any atom is 0.407 e. The third kappa shape index (κ3) is 22.1. The quantitative estimate of drug-likeness (QED) is 0.0348. The lowest BCUT2D eigenvalue weighted by atomic mass is 9.94. The van der Waals surface area contributed by atoms with Crippen molar-refractivity contribution in [1.29, 1.82) is 0 Å². The summed E-state index contributed by atoms with van der Waals surface area (Å²) in [5.41, 5.74) is 7.99. The number of hydrogen-bond donors (Lipinski definition) is 2. The van der Waals surface area contributed by atoms with E-state index in [0.29, 0.717) is 19.4 Å². The number of carbonyl (C=O) groups is 1. The molecule has 4 fully saturated rings. The molecule has 2 N–H and O–H groups in total. The van der Waals surface area contributed by atoms with Crippen LogP contribution in [0.5, 0.6) is 0 Å². The molecule has 13 rings (SSSR count). The molecule has 9 aromatic carbocycles. The van der Waals surface area contributed by atoms with E-state index in [2.05, 4.69) is 5.32 Å². The topological polar surface area (TPSA) is 197 Å². The summed E-state index contributed by atoms with van der Waals surface area (Å²) < 4.78 is 112. The number of carbonyl (C=O) groups excluding carboxylic acids is 1. The van der Waals surface area contributed by atoms with E-state index >= 15 is 0 Å². The Hall–Kier alpha value is -8.39. The molecule has 556 valence electrons. The SMILES string of the molecule is O=C(NCCCCCO[C@@H]1OC(COCc2ccccc2)[C@@H](O[C@@H]2OC(COCc3ccccc3)[C@H](O[C@H]3OC4COC(c5ccccc5)O[C@@H]4[C@H](O)C3OCc3ccccc3)[C@@H](OCc3ccccc3)C2OCc2ccccc2)[C@H](OCc2ccccc2)C1OCc1ccccc1)OCc1ccccc1. The molecule has 19 heteroatoms. The van der Waals surface area contributed by atoms with Gasteiger partial charge in [-0.3, -0.25) is 0 Å². The van der Waals surface area contributed by atoms with E-state index in [-0.39, 0.29) is 79.3 Å². The van der Waals surface area contributed by atoms with Gasteiger partial charge in [0.2, 0.25) is 0 Å². The van der Waals surface area contributed by atoms with Gasteiger partial charge in [0.05, 0.1) is 66.1 Å². The van der Waals surface area contributed by atoms with Gasteiger partial charge in [-0.2, -0.15) is 0 Å². The number of ether oxygens (including phenoxy) is 16. The highest BCUT2D eigenvalue weighted by molar-refractivity contribution is 5.67. The van der Waals surface area contributed by atoms with E-state index in [1.54, 1.807) is 0 Å². The lowest BCUT2D eigenvalue weighted by Crippen LogP contribution is -2.68. The minimum Gasteiger partial charge on any atom is -0.445 e. The summed E-state index contributed by atoms with van der Waals surface area (Å²) in [6.45, 7) is 1.88. The highest BCUT2D eigenvalue weighted by Gasteiger charge is 2.58. The number of rotatable bonds is 37. The molecule has 7 unspecified atom stereocenters. The molecule has 0 aliphatic carbocycles. The smallest absolute Gasteiger partial charge is 0.407 e. The number of benzene rings is 9. The summed E-state index contributed by atoms with van der Waals surface area (Å²) in [4.78, 5) is 12.7. The number of aliphatic hydroxyl groups excluding tert-OH is 1. The first kappa shape index (κ1) is 75.8. The molecule has 19 nitrogen and oxygen atoms in total. The molecule has 16 atom stereocenters. The van der Waals surface area contributed by atoms with Crippen molar-refractivity contribution in [3.05, 3.63) is 323 Å². The standard InChI is InChI=1S/C87H95NO18/c89-74-75-73(61-99-83(104-75)70-47-27-9-28-48-70)103-85(78(74)94-53-64-35-15-3-16-36-64)105-77-72(60-92-52-63-33-13-2-14-34-63)102-86(82(98-57-68-43-23-7-24-44-68)80(77)96-55-66-39-19-5-20-40-66)106-76-71(59-91-51-62-31-11-1-12-32-62)101-84(93-50-30-10-29-49-88-87(90)100-58-69-45-25-8-26-46-69)81(97-56-67-41-21-6-22-42-67)79(76)95-54-65-37-17-4-18-38-65/h1-9,11-28,31-48,71-86,89H,10,29-30,49-61H2,(H,88,90)/t71?,72?,73?,74-,75-,76+,77-,78?,79-,80+,81?,82?,83?,84+,85+,86-/m0/s1. The number of unbranched alkanes of at least 4 members (excludes halogenated alkanes) is 2. The molecule has 106 heavy (non-hydrogen) atoms. The van der Waals surface area contributed by atoms with Gasteiger partial charge in [-0.15, -0.1) is 0 Å². The van der Waals surface area contributed by atoms with Crippen molar-refractivity contribution in [2.24, 2.45) is 0 Å². The van der Waals surface area contributed by atoms with E-state index in [1.165, 1.54) is 0 Å². The van der Waals surface area contributed by atoms with E-state index in [1.807, 2.05) is 273 Å². The molecule has 4 aliphatic rings. The van der Waals surface area contributed by atoms with Crippen molar-refractivity contribution in [2.45, 2.75) is 171 Å². The minimum atomic E-state index is -1.32. The van der Waals surface area contributed by atoms with E-state index in [4.69, 9.17) is 75.8 Å². The van der Waals surface area contributed by atoms with Crippen LogP contribution in [0.25, 0.3) is 0 Å². The predicted molar refractivity (Wildman–Crippen MR) is 393 cm³/mol. The number of alkyl carbamates (subject to hydrolysis) is 1. The molecule has 1 amide bonds. The van der Waals surface area contributed by atoms with Crippen molar-refractivity contribution < 1.29 is 85.7 Å². The van der Waals surface area contributed by atoms with Crippen LogP contribution in [0.15, 0.2) is 273 Å². The Morgan fingerprint density at radius 3 is 1.15 bits per heavy atom. The summed E-state index contributed by atoms with van der Waals surface area (Å²) in [5, 5.41) is 15.8. The molecule has 4 heterocycles. The van der Waals surface area contributed by atoms with Gasteiger partial charge in [-0.25, -0.2) is 4.79 Å². The van der Waals surface area contributed by atoms with Crippen LogP contribution in [0.2, 0.25) is 0 Å². The fourth-order valence-electron chi connectivity index (χ4n) is 13.4. The largest absolute Gasteiger partial charge is 0.445 e. The van der Waals surface area contributed by atoms with Gasteiger partial charge in [-0.1, -0.05) is 273 Å². The van der Waals surface area contributed by atoms with Gasteiger partial charge in [0.15, 0.2) is 25.2 Å². The van der Waals surface area contributed by atoms with Crippen molar-refractivity contribution >= 4 is 6.09 Å². The zero-order valence-electron chi connectivity index (χ0n) is 59.4. The average molecular weight is 1440 g/mol. The molecular formula is C87H95NO18. The monoisotopic (exact) mass is 1440 g/mol. The van der Waals surface area contributed by atoms with Crippen LogP contribution in [0, 0.1) is 0 Å². The van der Waals surface area contributed by atoms with Crippen LogP contribution < -0.4 is 5.32 Å². The van der Waals surface area contributed by atoms with Crippen LogP contribution in [-0.4, -0.2) is 136 Å². The Labute approximate surface area is 620 Å². The third-order valence-electron chi connectivity index (χ3n) is 18.9. The normalized spacial score (nSPS) is 25.8. The van der Waals surface area contributed by atoms with Crippen LogP contribution >= 0.6 is 0 Å². The summed E-state index contributed by atoms with van der Waals surface area (Å²) >= 11 is 0. The lowest BCUT2D eigenvalue weighted by molar-refractivity contribution is -0.403. The Bertz CT molecular complexity index is 3910. The summed E-state index contributed by atoms with van der Waals surface area (Å²) in [6.07, 6.45) is -15.2. The molecular weight excluding hydrogens is 1350 g/mol. The van der Waals surface area contributed by atoms with Gasteiger partial charge in [-0.05, 0) is 63.8 Å². The van der Waals surface area contributed by atoms with Crippen molar-refractivity contribution in [3.8, 4) is 0 Å². The first-order valence-electron chi connectivity index (χ1n) is 36.8. The molecule has 4 saturated heterocycles. The van der Waals surface area contributed by atoms with E-state index < -0.39 is 105 Å². The first-order chi connectivity index (χ1) is 52.4. The Morgan fingerprint density at radius 2 is 0.717 bits per heavy atom. The minimum absolute atomic E-state index is 0.00100. The molecule has 0 radical (unpaired) electrons. The first-order valence-corrected chi connectivity index (χ1v) is 36.8. The van der Waals surface area contributed by atoms with Gasteiger partial charge < -0.3 is 86.2 Å². The summed E-state index contributed by atoms with van der Waals surface area (Å²) in [6, 6.07) is 88.3. The molecule has 0 spiro atoms. The van der Waals surface area contributed by atoms with Crippen LogP contribution in [0.3, 0.4) is 0 Å². The van der Waals surface area contributed by atoms with Gasteiger partial charge >= 0.3 is 6.09 Å². The zero-order valence-corrected chi connectivity index (χ0v) is 59.4. The fraction of sp³-hybridized carbons (Fsp3) is 0.368. The van der Waals surface area contributed by atoms with Crippen LogP contribution in [0.1, 0.15) is 75.6 Å². The third-order valence-corrected chi connectivity index (χ3v) is 18.9. The lowest BCUT2D eigenvalue weighted by Gasteiger charge is -2.52. The number of amides is 1. The summed E-state index contributed by atoms with van der Waals surface area (Å²) in [5.74, 6) is 0. The molecule has 9 aromatic rings. The zero-order chi connectivity index (χ0) is 72.2. The van der Waals surface area contributed by atoms with Crippen LogP contribution in [0.4, 0.5) is 4.79 Å². The number of hydrogen-bond acceptors (Lipinski definition) is 18. The average Bonchev–Trinajstić information content (AvgIpc) is 0.771. The van der Waals surface area contributed by atoms with Crippen molar-refractivity contribution in [3.63, 3.8) is 0 Å². The highest BCUT2D eigenvalue weighted by Crippen LogP contribution is 2.41. The van der Waals surface area contributed by atoms with E-state index in [0.717, 1.165) is 56.5 Å². The Balaban J connectivity index is 0.861. The number of nitrogens with one attached hydrogen (secondary N) is 1. The maximum absolute atomic E-state index is 12.9. The Morgan fingerprint density at radius 1 is 0.358 bits per heavy atom. The predicted octanol–water partition coefficient (Wildman–Crippen LogP) is 13.9. The molecule has 0 bridgehead atoms. The Kier molecular flexibility index (Phi) is 29.0. The second kappa shape index (κ2) is 40.5. The molecule has 0 aromatic heterocycles. The number of fused-ring (bicyclic) bond motifs is 1. The number of aliphatic hydroxyl groups is 1. The fourth-order valence-corrected chi connectivity index (χ4v) is 13.4.